The molecular weight excluding hydrogens is 310 g/mol. The standard InChI is InChI=1S/C12H19NO2.C10H12/c1-4-5-6-7-8-15-12(14)11(9-13)10(2)3;1-9(2)8-10-6-4-3-5-7-10/h4-8H2,1-3H3;3-8H,1-2H3. The first-order valence-electron chi connectivity index (χ1n) is 8.87. The molecule has 25 heavy (non-hydrogen) atoms. The van der Waals surface area contributed by atoms with Crippen LogP contribution in [0.2, 0.25) is 0 Å². The largest absolute Gasteiger partial charge is 0.462 e. The molecule has 0 aliphatic carbocycles. The SMILES string of the molecule is CC(C)=Cc1ccccc1.CCCCCCOC(=O)C(C#N)=C(C)C. The van der Waals surface area contributed by atoms with E-state index in [0.717, 1.165) is 25.7 Å². The van der Waals surface area contributed by atoms with Gasteiger partial charge >= 0.3 is 5.97 Å². The molecule has 1 rings (SSSR count). The number of allylic oxidation sites excluding steroid dienone is 2. The van der Waals surface area contributed by atoms with Gasteiger partial charge in [-0.05, 0) is 39.7 Å². The minimum atomic E-state index is -0.492. The number of rotatable bonds is 7. The van der Waals surface area contributed by atoms with E-state index in [4.69, 9.17) is 10.00 Å². The smallest absolute Gasteiger partial charge is 0.348 e. The highest BCUT2D eigenvalue weighted by Crippen LogP contribution is 2.06. The summed E-state index contributed by atoms with van der Waals surface area (Å²) in [7, 11) is 0. The van der Waals surface area contributed by atoms with E-state index in [1.54, 1.807) is 13.8 Å². The van der Waals surface area contributed by atoms with Crippen LogP contribution >= 0.6 is 0 Å². The van der Waals surface area contributed by atoms with E-state index < -0.39 is 5.97 Å². The van der Waals surface area contributed by atoms with Gasteiger partial charge in [0.05, 0.1) is 6.61 Å². The highest BCUT2D eigenvalue weighted by atomic mass is 16.5. The Labute approximate surface area is 153 Å². The number of nitrogens with zero attached hydrogens (tertiary/aromatic N) is 1. The molecule has 0 fully saturated rings. The summed E-state index contributed by atoms with van der Waals surface area (Å²) in [5.41, 5.74) is 3.45. The van der Waals surface area contributed by atoms with Crippen LogP contribution in [0.25, 0.3) is 6.08 Å². The third kappa shape index (κ3) is 11.8. The van der Waals surface area contributed by atoms with Gasteiger partial charge in [-0.15, -0.1) is 0 Å². The van der Waals surface area contributed by atoms with Gasteiger partial charge in [-0.1, -0.05) is 73.7 Å². The topological polar surface area (TPSA) is 50.1 Å². The predicted octanol–water partition coefficient (Wildman–Crippen LogP) is 6.08. The normalized spacial score (nSPS) is 9.12. The van der Waals surface area contributed by atoms with Crippen LogP contribution in [0.15, 0.2) is 47.1 Å². The van der Waals surface area contributed by atoms with Crippen molar-refractivity contribution in [2.24, 2.45) is 0 Å². The quantitative estimate of drug-likeness (QED) is 0.261. The Hall–Kier alpha value is -2.34. The molecule has 0 saturated heterocycles. The van der Waals surface area contributed by atoms with E-state index in [1.165, 1.54) is 11.1 Å². The van der Waals surface area contributed by atoms with E-state index in [2.05, 4.69) is 51.1 Å². The third-order valence-corrected chi connectivity index (χ3v) is 3.30. The highest BCUT2D eigenvalue weighted by molar-refractivity contribution is 5.93. The van der Waals surface area contributed by atoms with Crippen molar-refractivity contribution in [1.82, 2.24) is 0 Å². The van der Waals surface area contributed by atoms with Gasteiger partial charge in [-0.3, -0.25) is 0 Å². The molecule has 0 saturated carbocycles. The van der Waals surface area contributed by atoms with Crippen LogP contribution in [-0.4, -0.2) is 12.6 Å². The molecule has 0 bridgehead atoms. The molecule has 0 aliphatic rings. The van der Waals surface area contributed by atoms with E-state index in [0.29, 0.717) is 12.2 Å². The zero-order valence-corrected chi connectivity index (χ0v) is 16.3. The maximum Gasteiger partial charge on any atom is 0.348 e. The molecule has 0 aromatic heterocycles. The van der Waals surface area contributed by atoms with Crippen molar-refractivity contribution in [3.8, 4) is 6.07 Å². The summed E-state index contributed by atoms with van der Waals surface area (Å²) in [6.45, 7) is 10.2. The number of carbonyl (C=O) groups excluding carboxylic acids is 1. The van der Waals surface area contributed by atoms with Gasteiger partial charge in [0.15, 0.2) is 0 Å². The lowest BCUT2D eigenvalue weighted by Gasteiger charge is -2.04. The average molecular weight is 341 g/mol. The van der Waals surface area contributed by atoms with Gasteiger partial charge in [-0.25, -0.2) is 4.79 Å². The van der Waals surface area contributed by atoms with Crippen molar-refractivity contribution in [3.05, 3.63) is 52.6 Å². The van der Waals surface area contributed by atoms with E-state index in [1.807, 2.05) is 12.1 Å². The van der Waals surface area contributed by atoms with E-state index in [-0.39, 0.29) is 5.57 Å². The van der Waals surface area contributed by atoms with Crippen molar-refractivity contribution in [2.75, 3.05) is 6.61 Å². The lowest BCUT2D eigenvalue weighted by atomic mass is 10.2. The summed E-state index contributed by atoms with van der Waals surface area (Å²) >= 11 is 0. The number of carbonyl (C=O) groups is 1. The van der Waals surface area contributed by atoms with Crippen LogP contribution in [0.5, 0.6) is 0 Å². The van der Waals surface area contributed by atoms with Gasteiger partial charge < -0.3 is 4.74 Å². The summed E-state index contributed by atoms with van der Waals surface area (Å²) in [5, 5.41) is 8.70. The first-order valence-corrected chi connectivity index (χ1v) is 8.87. The fourth-order valence-corrected chi connectivity index (χ4v) is 2.01. The third-order valence-electron chi connectivity index (χ3n) is 3.30. The fourth-order valence-electron chi connectivity index (χ4n) is 2.01. The van der Waals surface area contributed by atoms with Crippen molar-refractivity contribution < 1.29 is 9.53 Å². The van der Waals surface area contributed by atoms with E-state index >= 15 is 0 Å². The lowest BCUT2D eigenvalue weighted by Crippen LogP contribution is -2.09. The second kappa shape index (κ2) is 14.0. The van der Waals surface area contributed by atoms with Gasteiger partial charge in [0.2, 0.25) is 0 Å². The number of hydrogen-bond donors (Lipinski definition) is 0. The minimum Gasteiger partial charge on any atom is -0.462 e. The molecule has 136 valence electrons. The van der Waals surface area contributed by atoms with Crippen molar-refractivity contribution >= 4 is 12.0 Å². The van der Waals surface area contributed by atoms with Crippen LogP contribution in [0.1, 0.15) is 65.9 Å². The number of hydrogen-bond acceptors (Lipinski definition) is 3. The van der Waals surface area contributed by atoms with Crippen LogP contribution in [0, 0.1) is 11.3 Å². The molecule has 0 heterocycles. The Morgan fingerprint density at radius 1 is 1.08 bits per heavy atom. The lowest BCUT2D eigenvalue weighted by molar-refractivity contribution is -0.138. The molecule has 0 spiro atoms. The Balaban J connectivity index is 0.000000496. The van der Waals surface area contributed by atoms with Crippen LogP contribution in [0.3, 0.4) is 0 Å². The molecule has 0 amide bonds. The molecule has 3 nitrogen and oxygen atoms in total. The predicted molar refractivity (Wildman–Crippen MR) is 105 cm³/mol. The Morgan fingerprint density at radius 2 is 1.72 bits per heavy atom. The number of benzene rings is 1. The van der Waals surface area contributed by atoms with Gasteiger partial charge in [0.25, 0.3) is 0 Å². The number of ether oxygens (including phenoxy) is 1. The zero-order valence-electron chi connectivity index (χ0n) is 16.3. The molecule has 0 atom stereocenters. The van der Waals surface area contributed by atoms with Gasteiger partial charge in [-0.2, -0.15) is 5.26 Å². The second-order valence-corrected chi connectivity index (χ2v) is 6.32. The number of esters is 1. The number of unbranched alkanes of at least 4 members (excludes halogenated alkanes) is 3. The summed E-state index contributed by atoms with van der Waals surface area (Å²) < 4.78 is 4.98. The molecule has 0 unspecified atom stereocenters. The fraction of sp³-hybridized carbons (Fsp3) is 0.455. The molecular formula is C22H31NO2. The molecule has 0 radical (unpaired) electrons. The summed E-state index contributed by atoms with van der Waals surface area (Å²) in [6, 6.07) is 12.2. The molecule has 1 aromatic carbocycles. The molecule has 0 N–H and O–H groups in total. The van der Waals surface area contributed by atoms with Crippen LogP contribution < -0.4 is 0 Å². The summed E-state index contributed by atoms with van der Waals surface area (Å²) in [5.74, 6) is -0.492. The summed E-state index contributed by atoms with van der Waals surface area (Å²) in [6.07, 6.45) is 6.43. The number of nitriles is 1. The Kier molecular flexibility index (Phi) is 12.7. The maximum absolute atomic E-state index is 11.3. The Bertz CT molecular complexity index is 599. The molecule has 1 aromatic rings. The molecule has 0 aliphatic heterocycles. The van der Waals surface area contributed by atoms with Crippen LogP contribution in [-0.2, 0) is 9.53 Å². The van der Waals surface area contributed by atoms with E-state index in [9.17, 15) is 4.79 Å². The Morgan fingerprint density at radius 3 is 2.20 bits per heavy atom. The molecule has 3 heteroatoms. The minimum absolute atomic E-state index is 0.130. The van der Waals surface area contributed by atoms with Crippen molar-refractivity contribution in [1.29, 1.82) is 5.26 Å². The average Bonchev–Trinajstić information content (AvgIpc) is 2.56. The first kappa shape index (κ1) is 22.7. The van der Waals surface area contributed by atoms with Crippen LogP contribution in [0.4, 0.5) is 0 Å². The first-order chi connectivity index (χ1) is 11.9. The van der Waals surface area contributed by atoms with Crippen molar-refractivity contribution in [2.45, 2.75) is 60.3 Å². The zero-order chi connectivity index (χ0) is 19.1. The second-order valence-electron chi connectivity index (χ2n) is 6.32. The van der Waals surface area contributed by atoms with Crippen molar-refractivity contribution in [3.63, 3.8) is 0 Å². The van der Waals surface area contributed by atoms with Gasteiger partial charge in [0.1, 0.15) is 11.6 Å². The summed E-state index contributed by atoms with van der Waals surface area (Å²) in [4.78, 5) is 11.3. The maximum atomic E-state index is 11.3. The van der Waals surface area contributed by atoms with Gasteiger partial charge in [0, 0.05) is 0 Å². The monoisotopic (exact) mass is 341 g/mol. The highest BCUT2D eigenvalue weighted by Gasteiger charge is 2.11.